The van der Waals surface area contributed by atoms with Gasteiger partial charge in [0.25, 0.3) is 15.7 Å². The van der Waals surface area contributed by atoms with Crippen LogP contribution in [-0.4, -0.2) is 33.4 Å². The Labute approximate surface area is 149 Å². The third kappa shape index (κ3) is 4.09. The average Bonchev–Trinajstić information content (AvgIpc) is 2.53. The Balaban J connectivity index is 2.62. The summed E-state index contributed by atoms with van der Waals surface area (Å²) >= 11 is 0. The fraction of sp³-hybridized carbons (Fsp3) is 0.143. The van der Waals surface area contributed by atoms with Crippen molar-refractivity contribution in [3.05, 3.63) is 52.1 Å². The molecule has 0 aromatic heterocycles. The van der Waals surface area contributed by atoms with Crippen LogP contribution in [0.1, 0.15) is 5.56 Å². The van der Waals surface area contributed by atoms with Gasteiger partial charge in [0.15, 0.2) is 4.90 Å². The van der Waals surface area contributed by atoms with E-state index in [0.29, 0.717) is 12.1 Å². The summed E-state index contributed by atoms with van der Waals surface area (Å²) in [6, 6.07) is 7.11. The van der Waals surface area contributed by atoms with E-state index < -0.39 is 35.6 Å². The Morgan fingerprint density at radius 3 is 2.15 bits per heavy atom. The molecule has 2 aromatic carbocycles. The van der Waals surface area contributed by atoms with Gasteiger partial charge in [-0.15, -0.1) is 0 Å². The van der Waals surface area contributed by atoms with Gasteiger partial charge in [-0.05, 0) is 25.1 Å². The molecule has 0 aliphatic rings. The number of benzene rings is 2. The van der Waals surface area contributed by atoms with Crippen molar-refractivity contribution in [2.75, 3.05) is 11.8 Å². The number of ether oxygens (including phenoxy) is 1. The highest BCUT2D eigenvalue weighted by molar-refractivity contribution is 7.92. The van der Waals surface area contributed by atoms with E-state index in [9.17, 15) is 31.5 Å². The highest BCUT2D eigenvalue weighted by Gasteiger charge is 2.28. The number of hydrogen-bond acceptors (Lipinski definition) is 7. The molecule has 0 heterocycles. The van der Waals surface area contributed by atoms with Crippen molar-refractivity contribution >= 4 is 31.5 Å². The van der Waals surface area contributed by atoms with E-state index in [1.807, 2.05) is 0 Å². The minimum Gasteiger partial charge on any atom is -0.494 e. The first-order valence-corrected chi connectivity index (χ1v) is 9.81. The maximum Gasteiger partial charge on any atom is 0.301 e. The number of nitrogens with zero attached hydrogens (tertiary/aromatic N) is 1. The molecule has 0 saturated heterocycles. The molecule has 0 atom stereocenters. The Morgan fingerprint density at radius 2 is 1.69 bits per heavy atom. The second-order valence-corrected chi connectivity index (χ2v) is 8.24. The monoisotopic (exact) mass is 402 g/mol. The zero-order chi connectivity index (χ0) is 19.7. The Hall–Kier alpha value is -2.70. The molecule has 0 aliphatic carbocycles. The van der Waals surface area contributed by atoms with Crippen LogP contribution in [0.25, 0.3) is 0 Å². The van der Waals surface area contributed by atoms with E-state index in [0.717, 1.165) is 12.7 Å². The summed E-state index contributed by atoms with van der Waals surface area (Å²) < 4.78 is 63.9. The number of rotatable bonds is 6. The number of anilines is 1. The highest BCUT2D eigenvalue weighted by atomic mass is 32.2. The molecular formula is C14H14N2O8S2. The molecule has 0 bridgehead atoms. The second kappa shape index (κ2) is 6.90. The highest BCUT2D eigenvalue weighted by Crippen LogP contribution is 2.36. The molecule has 10 nitrogen and oxygen atoms in total. The van der Waals surface area contributed by atoms with E-state index in [1.165, 1.54) is 12.1 Å². The molecule has 0 radical (unpaired) electrons. The van der Waals surface area contributed by atoms with Crippen molar-refractivity contribution in [3.63, 3.8) is 0 Å². The van der Waals surface area contributed by atoms with Crippen LogP contribution in [0.15, 0.2) is 46.2 Å². The molecule has 0 aliphatic heterocycles. The van der Waals surface area contributed by atoms with Gasteiger partial charge >= 0.3 is 10.1 Å². The number of nitro groups is 1. The van der Waals surface area contributed by atoms with E-state index in [4.69, 9.17) is 4.74 Å². The lowest BCUT2D eigenvalue weighted by Crippen LogP contribution is -2.15. The van der Waals surface area contributed by atoms with Crippen molar-refractivity contribution < 1.29 is 31.0 Å². The van der Waals surface area contributed by atoms with Gasteiger partial charge in [-0.3, -0.25) is 19.4 Å². The smallest absolute Gasteiger partial charge is 0.301 e. The summed E-state index contributed by atoms with van der Waals surface area (Å²) in [5.74, 6) is -0.292. The van der Waals surface area contributed by atoms with Gasteiger partial charge in [0.2, 0.25) is 0 Å². The third-order valence-corrected chi connectivity index (χ3v) is 5.60. The number of nitro benzene ring substituents is 1. The SMILES string of the molecule is COc1cc([N+](=O)[O-])c(S(=O)(=O)O)cc1NS(=O)(=O)c1ccc(C)cc1. The van der Waals surface area contributed by atoms with Crippen molar-refractivity contribution in [1.82, 2.24) is 0 Å². The summed E-state index contributed by atoms with van der Waals surface area (Å²) in [4.78, 5) is 8.81. The number of sulfonamides is 1. The van der Waals surface area contributed by atoms with Gasteiger partial charge in [-0.25, -0.2) is 8.42 Å². The minimum atomic E-state index is -4.98. The van der Waals surface area contributed by atoms with Crippen LogP contribution in [0, 0.1) is 17.0 Å². The maximum atomic E-state index is 12.4. The van der Waals surface area contributed by atoms with Crippen molar-refractivity contribution in [2.24, 2.45) is 0 Å². The van der Waals surface area contributed by atoms with Crippen molar-refractivity contribution in [3.8, 4) is 5.75 Å². The van der Waals surface area contributed by atoms with Crippen molar-refractivity contribution in [2.45, 2.75) is 16.7 Å². The summed E-state index contributed by atoms with van der Waals surface area (Å²) in [5.41, 5.74) is -0.514. The van der Waals surface area contributed by atoms with E-state index in [-0.39, 0.29) is 16.3 Å². The average molecular weight is 402 g/mol. The molecule has 0 unspecified atom stereocenters. The fourth-order valence-corrected chi connectivity index (χ4v) is 3.79. The molecule has 2 N–H and O–H groups in total. The van der Waals surface area contributed by atoms with E-state index in [1.54, 1.807) is 19.1 Å². The number of aryl methyl sites for hydroxylation is 1. The van der Waals surface area contributed by atoms with Crippen LogP contribution in [0.3, 0.4) is 0 Å². The molecule has 0 amide bonds. The largest absolute Gasteiger partial charge is 0.494 e. The summed E-state index contributed by atoms with van der Waals surface area (Å²) in [7, 11) is -8.00. The normalized spacial score (nSPS) is 11.8. The van der Waals surface area contributed by atoms with Gasteiger partial charge in [-0.1, -0.05) is 17.7 Å². The summed E-state index contributed by atoms with van der Waals surface area (Å²) in [5, 5.41) is 11.0. The van der Waals surface area contributed by atoms with Gasteiger partial charge in [-0.2, -0.15) is 8.42 Å². The molecule has 0 fully saturated rings. The molecular weight excluding hydrogens is 388 g/mol. The first-order chi connectivity index (χ1) is 12.0. The number of nitrogens with one attached hydrogen (secondary N) is 1. The standard InChI is InChI=1S/C14H14N2O8S2/c1-9-3-5-10(6-4-9)25(19,20)15-11-7-14(26(21,22)23)12(16(17)18)8-13(11)24-2/h3-8,15H,1-2H3,(H,21,22,23). The van der Waals surface area contributed by atoms with Gasteiger partial charge < -0.3 is 4.74 Å². The van der Waals surface area contributed by atoms with Crippen molar-refractivity contribution in [1.29, 1.82) is 0 Å². The first-order valence-electron chi connectivity index (χ1n) is 6.89. The quantitative estimate of drug-likeness (QED) is 0.422. The van der Waals surface area contributed by atoms with Crippen LogP contribution in [0.5, 0.6) is 5.75 Å². The molecule has 12 heteroatoms. The maximum absolute atomic E-state index is 12.4. The van der Waals surface area contributed by atoms with Crippen LogP contribution in [-0.2, 0) is 20.1 Å². The van der Waals surface area contributed by atoms with Crippen LogP contribution >= 0.6 is 0 Å². The molecule has 2 aromatic rings. The van der Waals surface area contributed by atoms with Crippen LogP contribution < -0.4 is 9.46 Å². The zero-order valence-electron chi connectivity index (χ0n) is 13.5. The zero-order valence-corrected chi connectivity index (χ0v) is 15.2. The van der Waals surface area contributed by atoms with E-state index in [2.05, 4.69) is 4.72 Å². The Morgan fingerprint density at radius 1 is 1.12 bits per heavy atom. The lowest BCUT2D eigenvalue weighted by molar-refractivity contribution is -0.387. The number of methoxy groups -OCH3 is 1. The van der Waals surface area contributed by atoms with Gasteiger partial charge in [0.1, 0.15) is 5.75 Å². The summed E-state index contributed by atoms with van der Waals surface area (Å²) in [6.45, 7) is 1.77. The topological polar surface area (TPSA) is 153 Å². The predicted molar refractivity (Wildman–Crippen MR) is 91.5 cm³/mol. The molecule has 0 spiro atoms. The van der Waals surface area contributed by atoms with E-state index >= 15 is 0 Å². The Bertz CT molecular complexity index is 1060. The second-order valence-electron chi connectivity index (χ2n) is 5.17. The summed E-state index contributed by atoms with van der Waals surface area (Å²) in [6.07, 6.45) is 0. The lowest BCUT2D eigenvalue weighted by Gasteiger charge is -2.13. The Kier molecular flexibility index (Phi) is 5.21. The number of hydrogen-bond donors (Lipinski definition) is 2. The molecule has 2 rings (SSSR count). The lowest BCUT2D eigenvalue weighted by atomic mass is 10.2. The first kappa shape index (κ1) is 19.6. The van der Waals surface area contributed by atoms with Gasteiger partial charge in [0, 0.05) is 0 Å². The van der Waals surface area contributed by atoms with Gasteiger partial charge in [0.05, 0.1) is 28.7 Å². The predicted octanol–water partition coefficient (Wildman–Crippen LogP) is 1.96. The fourth-order valence-electron chi connectivity index (χ4n) is 2.07. The molecule has 0 saturated carbocycles. The van der Waals surface area contributed by atoms with Crippen LogP contribution in [0.2, 0.25) is 0 Å². The third-order valence-electron chi connectivity index (χ3n) is 3.33. The van der Waals surface area contributed by atoms with Crippen LogP contribution in [0.4, 0.5) is 11.4 Å². The molecule has 140 valence electrons. The molecule has 26 heavy (non-hydrogen) atoms. The minimum absolute atomic E-state index is 0.114.